The fourth-order valence-corrected chi connectivity index (χ4v) is 3.47. The Morgan fingerprint density at radius 1 is 1.48 bits per heavy atom. The van der Waals surface area contributed by atoms with Gasteiger partial charge in [-0.25, -0.2) is 13.2 Å². The molecule has 0 atom stereocenters. The number of sulfonamides is 1. The van der Waals surface area contributed by atoms with Gasteiger partial charge in [0.25, 0.3) is 0 Å². The van der Waals surface area contributed by atoms with E-state index in [1.54, 1.807) is 6.20 Å². The second kappa shape index (κ2) is 6.12. The fraction of sp³-hybridized carbons (Fsp3) is 0.167. The molecule has 0 aliphatic heterocycles. The van der Waals surface area contributed by atoms with Crippen molar-refractivity contribution in [1.29, 1.82) is 0 Å². The molecule has 0 aliphatic rings. The van der Waals surface area contributed by atoms with Crippen LogP contribution < -0.4 is 0 Å². The molecule has 7 nitrogen and oxygen atoms in total. The SMILES string of the molecule is CN(Cc1cn[nH]c1)S(=O)(=O)c1ccc(I)c(C(=O)O)c1. The molecule has 9 heteroatoms. The number of nitrogens with zero attached hydrogens (tertiary/aromatic N) is 2. The Balaban J connectivity index is 2.35. The first-order chi connectivity index (χ1) is 9.82. The Morgan fingerprint density at radius 3 is 2.76 bits per heavy atom. The van der Waals surface area contributed by atoms with Crippen molar-refractivity contribution in [3.8, 4) is 0 Å². The zero-order valence-corrected chi connectivity index (χ0v) is 13.9. The summed E-state index contributed by atoms with van der Waals surface area (Å²) in [5.74, 6) is -1.16. The monoisotopic (exact) mass is 421 g/mol. The normalized spacial score (nSPS) is 11.8. The average Bonchev–Trinajstić information content (AvgIpc) is 2.91. The van der Waals surface area contributed by atoms with Crippen LogP contribution in [0.3, 0.4) is 0 Å². The van der Waals surface area contributed by atoms with Gasteiger partial charge in [-0.2, -0.15) is 9.40 Å². The second-order valence-corrected chi connectivity index (χ2v) is 7.52. The van der Waals surface area contributed by atoms with Gasteiger partial charge in [0.1, 0.15) is 0 Å². The maximum absolute atomic E-state index is 12.4. The molecular weight excluding hydrogens is 409 g/mol. The molecule has 1 aromatic heterocycles. The fourth-order valence-electron chi connectivity index (χ4n) is 1.71. The van der Waals surface area contributed by atoms with E-state index in [0.717, 1.165) is 4.31 Å². The number of aromatic amines is 1. The van der Waals surface area contributed by atoms with Gasteiger partial charge in [-0.15, -0.1) is 0 Å². The van der Waals surface area contributed by atoms with Crippen LogP contribution in [0.1, 0.15) is 15.9 Å². The molecule has 0 saturated carbocycles. The molecule has 0 saturated heterocycles. The summed E-state index contributed by atoms with van der Waals surface area (Å²) < 4.78 is 26.5. The number of benzene rings is 1. The van der Waals surface area contributed by atoms with Crippen molar-refractivity contribution in [3.63, 3.8) is 0 Å². The van der Waals surface area contributed by atoms with Gasteiger partial charge in [0, 0.05) is 28.9 Å². The molecule has 2 N–H and O–H groups in total. The third kappa shape index (κ3) is 3.41. The van der Waals surface area contributed by atoms with Gasteiger partial charge >= 0.3 is 5.97 Å². The number of rotatable bonds is 5. The summed E-state index contributed by atoms with van der Waals surface area (Å²) in [7, 11) is -2.33. The Bertz CT molecular complexity index is 759. The number of nitrogens with one attached hydrogen (secondary N) is 1. The summed E-state index contributed by atoms with van der Waals surface area (Å²) in [4.78, 5) is 11.1. The van der Waals surface area contributed by atoms with E-state index in [9.17, 15) is 13.2 Å². The van der Waals surface area contributed by atoms with E-state index >= 15 is 0 Å². The van der Waals surface area contributed by atoms with E-state index < -0.39 is 16.0 Å². The Labute approximate surface area is 135 Å². The number of carboxylic acid groups (broad SMARTS) is 1. The van der Waals surface area contributed by atoms with Crippen molar-refractivity contribution in [3.05, 3.63) is 45.3 Å². The molecule has 1 aromatic carbocycles. The van der Waals surface area contributed by atoms with Crippen molar-refractivity contribution in [1.82, 2.24) is 14.5 Å². The summed E-state index contributed by atoms with van der Waals surface area (Å²) in [6.07, 6.45) is 3.13. The molecule has 112 valence electrons. The molecule has 1 heterocycles. The summed E-state index contributed by atoms with van der Waals surface area (Å²) >= 11 is 1.85. The maximum atomic E-state index is 12.4. The van der Waals surface area contributed by atoms with Crippen LogP contribution in [0.5, 0.6) is 0 Å². The van der Waals surface area contributed by atoms with Gasteiger partial charge in [-0.1, -0.05) is 0 Å². The first kappa shape index (κ1) is 15.9. The van der Waals surface area contributed by atoms with Gasteiger partial charge in [-0.3, -0.25) is 5.10 Å². The van der Waals surface area contributed by atoms with Gasteiger partial charge in [0.15, 0.2) is 0 Å². The van der Waals surface area contributed by atoms with E-state index in [-0.39, 0.29) is 17.0 Å². The second-order valence-electron chi connectivity index (χ2n) is 4.31. The summed E-state index contributed by atoms with van der Waals surface area (Å²) in [5.41, 5.74) is 0.679. The van der Waals surface area contributed by atoms with Crippen molar-refractivity contribution in [2.75, 3.05) is 7.05 Å². The topological polar surface area (TPSA) is 103 Å². The standard InChI is InChI=1S/C12H12IN3O4S/c1-16(7-8-5-14-15-6-8)21(19,20)9-2-3-11(13)10(4-9)12(17)18/h2-6H,7H2,1H3,(H,14,15)(H,17,18). The summed E-state index contributed by atoms with van der Waals surface area (Å²) in [6.45, 7) is 0.146. The molecule has 0 amide bonds. The molecule has 2 rings (SSSR count). The van der Waals surface area contributed by atoms with Gasteiger partial charge < -0.3 is 5.11 Å². The average molecular weight is 421 g/mol. The lowest BCUT2D eigenvalue weighted by Crippen LogP contribution is -2.26. The van der Waals surface area contributed by atoms with Crippen molar-refractivity contribution in [2.45, 2.75) is 11.4 Å². The van der Waals surface area contributed by atoms with E-state index in [1.165, 1.54) is 31.4 Å². The minimum atomic E-state index is -3.76. The highest BCUT2D eigenvalue weighted by molar-refractivity contribution is 14.1. The Hall–Kier alpha value is -1.46. The number of hydrogen-bond donors (Lipinski definition) is 2. The van der Waals surface area contributed by atoms with E-state index in [4.69, 9.17) is 5.11 Å². The maximum Gasteiger partial charge on any atom is 0.336 e. The van der Waals surface area contributed by atoms with Crippen LogP contribution in [0.25, 0.3) is 0 Å². The number of H-pyrrole nitrogens is 1. The number of carbonyl (C=O) groups is 1. The molecular formula is C12H12IN3O4S. The molecule has 0 bridgehead atoms. The lowest BCUT2D eigenvalue weighted by molar-refractivity contribution is 0.0695. The lowest BCUT2D eigenvalue weighted by Gasteiger charge is -2.16. The first-order valence-electron chi connectivity index (χ1n) is 5.79. The molecule has 2 aromatic rings. The number of aromatic nitrogens is 2. The van der Waals surface area contributed by atoms with Crippen LogP contribution in [-0.4, -0.2) is 41.0 Å². The highest BCUT2D eigenvalue weighted by Gasteiger charge is 2.23. The Morgan fingerprint density at radius 2 is 2.19 bits per heavy atom. The van der Waals surface area contributed by atoms with Gasteiger partial charge in [0.2, 0.25) is 10.0 Å². The van der Waals surface area contributed by atoms with Crippen LogP contribution in [-0.2, 0) is 16.6 Å². The zero-order chi connectivity index (χ0) is 15.6. The third-order valence-electron chi connectivity index (χ3n) is 2.84. The highest BCUT2D eigenvalue weighted by atomic mass is 127. The number of hydrogen-bond acceptors (Lipinski definition) is 4. The van der Waals surface area contributed by atoms with Crippen LogP contribution in [0.4, 0.5) is 0 Å². The first-order valence-corrected chi connectivity index (χ1v) is 8.31. The number of halogens is 1. The van der Waals surface area contributed by atoms with E-state index in [0.29, 0.717) is 9.13 Å². The molecule has 0 fully saturated rings. The minimum absolute atomic E-state index is 0.0339. The molecule has 0 unspecified atom stereocenters. The summed E-state index contributed by atoms with van der Waals surface area (Å²) in [6, 6.07) is 4.04. The number of carboxylic acids is 1. The van der Waals surface area contributed by atoms with Crippen LogP contribution in [0, 0.1) is 3.57 Å². The predicted molar refractivity (Wildman–Crippen MR) is 83.4 cm³/mol. The van der Waals surface area contributed by atoms with Gasteiger partial charge in [0.05, 0.1) is 16.7 Å². The lowest BCUT2D eigenvalue weighted by atomic mass is 10.2. The smallest absolute Gasteiger partial charge is 0.336 e. The van der Waals surface area contributed by atoms with E-state index in [1.807, 2.05) is 22.6 Å². The molecule has 0 radical (unpaired) electrons. The molecule has 21 heavy (non-hydrogen) atoms. The van der Waals surface area contributed by atoms with E-state index in [2.05, 4.69) is 10.2 Å². The predicted octanol–water partition coefficient (Wildman–Crippen LogP) is 1.53. The number of aromatic carboxylic acids is 1. The quantitative estimate of drug-likeness (QED) is 0.713. The Kier molecular flexibility index (Phi) is 4.64. The molecule has 0 aliphatic carbocycles. The third-order valence-corrected chi connectivity index (χ3v) is 5.58. The van der Waals surface area contributed by atoms with Crippen LogP contribution in [0.2, 0.25) is 0 Å². The van der Waals surface area contributed by atoms with Crippen molar-refractivity contribution < 1.29 is 18.3 Å². The van der Waals surface area contributed by atoms with Gasteiger partial charge in [-0.05, 0) is 40.8 Å². The minimum Gasteiger partial charge on any atom is -0.478 e. The highest BCUT2D eigenvalue weighted by Crippen LogP contribution is 2.21. The van der Waals surface area contributed by atoms with Crippen molar-refractivity contribution in [2.24, 2.45) is 0 Å². The largest absolute Gasteiger partial charge is 0.478 e. The van der Waals surface area contributed by atoms with Crippen LogP contribution >= 0.6 is 22.6 Å². The molecule has 0 spiro atoms. The zero-order valence-electron chi connectivity index (χ0n) is 10.9. The van der Waals surface area contributed by atoms with Crippen LogP contribution in [0.15, 0.2) is 35.5 Å². The van der Waals surface area contributed by atoms with Crippen molar-refractivity contribution >= 4 is 38.6 Å². The summed E-state index contributed by atoms with van der Waals surface area (Å²) in [5, 5.41) is 15.4.